The van der Waals surface area contributed by atoms with Gasteiger partial charge in [0.15, 0.2) is 0 Å². The lowest BCUT2D eigenvalue weighted by Gasteiger charge is -2.16. The summed E-state index contributed by atoms with van der Waals surface area (Å²) in [5.41, 5.74) is 6.64. The van der Waals surface area contributed by atoms with Gasteiger partial charge in [-0.25, -0.2) is 0 Å². The van der Waals surface area contributed by atoms with Crippen molar-refractivity contribution in [2.45, 2.75) is 25.4 Å². The van der Waals surface area contributed by atoms with E-state index in [1.807, 2.05) is 6.07 Å². The highest BCUT2D eigenvalue weighted by Crippen LogP contribution is 2.02. The molecule has 0 aliphatic rings. The quantitative estimate of drug-likeness (QED) is 0.678. The summed E-state index contributed by atoms with van der Waals surface area (Å²) in [6, 6.07) is 2.33. The second-order valence-electron chi connectivity index (χ2n) is 3.60. The van der Waals surface area contributed by atoms with Gasteiger partial charge in [0, 0.05) is 25.3 Å². The summed E-state index contributed by atoms with van der Waals surface area (Å²) >= 11 is 0. The number of hydrogen-bond donors (Lipinski definition) is 2. The Labute approximate surface area is 90.8 Å². The molecule has 0 saturated heterocycles. The topological polar surface area (TPSA) is 60.4 Å². The number of methoxy groups -OCH3 is 1. The standard InChI is InChI=1S/C11H20N2O2/c1-14-9-11(3-2-5-12)13-7-10-4-6-15-8-10/h4,6,8,11,13H,2-3,5,7,9,12H2,1H3. The molecule has 0 saturated carbocycles. The van der Waals surface area contributed by atoms with Gasteiger partial charge in [-0.1, -0.05) is 0 Å². The van der Waals surface area contributed by atoms with E-state index in [-0.39, 0.29) is 0 Å². The fraction of sp³-hybridized carbons (Fsp3) is 0.636. The Hall–Kier alpha value is -0.840. The lowest BCUT2D eigenvalue weighted by molar-refractivity contribution is 0.161. The van der Waals surface area contributed by atoms with Gasteiger partial charge in [0.25, 0.3) is 0 Å². The molecular formula is C11H20N2O2. The summed E-state index contributed by atoms with van der Waals surface area (Å²) in [6.07, 6.45) is 5.50. The first-order chi connectivity index (χ1) is 7.36. The molecule has 0 spiro atoms. The Kier molecular flexibility index (Phi) is 6.08. The molecule has 1 unspecified atom stereocenters. The van der Waals surface area contributed by atoms with Crippen LogP contribution in [0.1, 0.15) is 18.4 Å². The molecule has 0 radical (unpaired) electrons. The zero-order chi connectivity index (χ0) is 10.9. The molecule has 0 amide bonds. The Morgan fingerprint density at radius 1 is 1.60 bits per heavy atom. The lowest BCUT2D eigenvalue weighted by Crippen LogP contribution is -2.33. The molecule has 1 aromatic heterocycles. The molecule has 0 aliphatic carbocycles. The molecule has 0 aliphatic heterocycles. The van der Waals surface area contributed by atoms with Crippen molar-refractivity contribution in [2.75, 3.05) is 20.3 Å². The molecule has 0 aromatic carbocycles. The van der Waals surface area contributed by atoms with Crippen LogP contribution in [0.4, 0.5) is 0 Å². The van der Waals surface area contributed by atoms with Gasteiger partial charge < -0.3 is 20.2 Å². The first-order valence-corrected chi connectivity index (χ1v) is 5.30. The van der Waals surface area contributed by atoms with Gasteiger partial charge in [-0.05, 0) is 25.5 Å². The van der Waals surface area contributed by atoms with E-state index in [4.69, 9.17) is 14.9 Å². The fourth-order valence-electron chi connectivity index (χ4n) is 1.47. The first-order valence-electron chi connectivity index (χ1n) is 5.30. The van der Waals surface area contributed by atoms with Crippen molar-refractivity contribution >= 4 is 0 Å². The maximum atomic E-state index is 5.48. The highest BCUT2D eigenvalue weighted by Gasteiger charge is 2.07. The summed E-state index contributed by atoms with van der Waals surface area (Å²) in [5.74, 6) is 0. The van der Waals surface area contributed by atoms with Crippen LogP contribution in [0.5, 0.6) is 0 Å². The van der Waals surface area contributed by atoms with Crippen molar-refractivity contribution in [3.63, 3.8) is 0 Å². The average Bonchev–Trinajstić information content (AvgIpc) is 2.75. The molecule has 4 heteroatoms. The first kappa shape index (κ1) is 12.2. The molecule has 86 valence electrons. The van der Waals surface area contributed by atoms with Crippen LogP contribution in [0, 0.1) is 0 Å². The number of rotatable bonds is 8. The van der Waals surface area contributed by atoms with Crippen molar-refractivity contribution < 1.29 is 9.15 Å². The van der Waals surface area contributed by atoms with Crippen molar-refractivity contribution in [1.29, 1.82) is 0 Å². The fourth-order valence-corrected chi connectivity index (χ4v) is 1.47. The number of ether oxygens (including phenoxy) is 1. The van der Waals surface area contributed by atoms with E-state index in [9.17, 15) is 0 Å². The van der Waals surface area contributed by atoms with Crippen LogP contribution >= 0.6 is 0 Å². The number of hydrogen-bond acceptors (Lipinski definition) is 4. The minimum atomic E-state index is 0.369. The molecule has 1 heterocycles. The Morgan fingerprint density at radius 2 is 2.47 bits per heavy atom. The summed E-state index contributed by atoms with van der Waals surface area (Å²) in [7, 11) is 1.72. The summed E-state index contributed by atoms with van der Waals surface area (Å²) < 4.78 is 10.1. The maximum Gasteiger partial charge on any atom is 0.0947 e. The third-order valence-corrected chi connectivity index (χ3v) is 2.30. The van der Waals surface area contributed by atoms with Crippen molar-refractivity contribution in [3.05, 3.63) is 24.2 Å². The summed E-state index contributed by atoms with van der Waals surface area (Å²) in [4.78, 5) is 0. The minimum absolute atomic E-state index is 0.369. The molecule has 0 bridgehead atoms. The Morgan fingerprint density at radius 3 is 3.07 bits per heavy atom. The normalized spacial score (nSPS) is 12.9. The zero-order valence-electron chi connectivity index (χ0n) is 9.24. The van der Waals surface area contributed by atoms with E-state index >= 15 is 0 Å². The average molecular weight is 212 g/mol. The second-order valence-corrected chi connectivity index (χ2v) is 3.60. The lowest BCUT2D eigenvalue weighted by atomic mass is 10.1. The maximum absolute atomic E-state index is 5.48. The van der Waals surface area contributed by atoms with Gasteiger partial charge in [0.1, 0.15) is 0 Å². The largest absolute Gasteiger partial charge is 0.472 e. The Balaban J connectivity index is 2.24. The van der Waals surface area contributed by atoms with E-state index in [0.717, 1.165) is 38.1 Å². The van der Waals surface area contributed by atoms with Crippen LogP contribution in [0.2, 0.25) is 0 Å². The molecule has 3 N–H and O–H groups in total. The third kappa shape index (κ3) is 4.97. The molecule has 4 nitrogen and oxygen atoms in total. The highest BCUT2D eigenvalue weighted by molar-refractivity contribution is 5.04. The monoisotopic (exact) mass is 212 g/mol. The SMILES string of the molecule is COCC(CCCN)NCc1ccoc1. The van der Waals surface area contributed by atoms with E-state index in [2.05, 4.69) is 5.32 Å². The summed E-state index contributed by atoms with van der Waals surface area (Å²) in [6.45, 7) is 2.26. The third-order valence-electron chi connectivity index (χ3n) is 2.30. The zero-order valence-corrected chi connectivity index (χ0v) is 9.24. The van der Waals surface area contributed by atoms with Crippen LogP contribution in [0.25, 0.3) is 0 Å². The van der Waals surface area contributed by atoms with Gasteiger partial charge >= 0.3 is 0 Å². The second kappa shape index (κ2) is 7.45. The van der Waals surface area contributed by atoms with Crippen LogP contribution in [-0.4, -0.2) is 26.3 Å². The van der Waals surface area contributed by atoms with Gasteiger partial charge in [-0.3, -0.25) is 0 Å². The molecule has 0 fully saturated rings. The van der Waals surface area contributed by atoms with Crippen molar-refractivity contribution in [1.82, 2.24) is 5.32 Å². The van der Waals surface area contributed by atoms with Gasteiger partial charge in [0.05, 0.1) is 19.1 Å². The molecule has 1 atom stereocenters. The smallest absolute Gasteiger partial charge is 0.0947 e. The van der Waals surface area contributed by atoms with E-state index in [1.165, 1.54) is 0 Å². The van der Waals surface area contributed by atoms with Crippen molar-refractivity contribution in [3.8, 4) is 0 Å². The molecule has 1 rings (SSSR count). The predicted octanol–water partition coefficient (Wildman–Crippen LogP) is 1.12. The van der Waals surface area contributed by atoms with Crippen molar-refractivity contribution in [2.24, 2.45) is 5.73 Å². The van der Waals surface area contributed by atoms with Gasteiger partial charge in [0.2, 0.25) is 0 Å². The minimum Gasteiger partial charge on any atom is -0.472 e. The Bertz CT molecular complexity index is 237. The van der Waals surface area contributed by atoms with Gasteiger partial charge in [-0.15, -0.1) is 0 Å². The molecule has 15 heavy (non-hydrogen) atoms. The number of furan rings is 1. The van der Waals surface area contributed by atoms with Crippen LogP contribution in [0.3, 0.4) is 0 Å². The number of nitrogens with two attached hydrogens (primary N) is 1. The van der Waals surface area contributed by atoms with Crippen LogP contribution in [0.15, 0.2) is 23.0 Å². The van der Waals surface area contributed by atoms with Crippen LogP contribution in [-0.2, 0) is 11.3 Å². The van der Waals surface area contributed by atoms with Gasteiger partial charge in [-0.2, -0.15) is 0 Å². The highest BCUT2D eigenvalue weighted by atomic mass is 16.5. The number of nitrogens with one attached hydrogen (secondary N) is 1. The van der Waals surface area contributed by atoms with E-state index in [1.54, 1.807) is 19.6 Å². The summed E-state index contributed by atoms with van der Waals surface area (Å²) in [5, 5.41) is 3.42. The van der Waals surface area contributed by atoms with Crippen LogP contribution < -0.4 is 11.1 Å². The molecule has 1 aromatic rings. The molecular weight excluding hydrogens is 192 g/mol. The van der Waals surface area contributed by atoms with E-state index in [0.29, 0.717) is 6.04 Å². The van der Waals surface area contributed by atoms with E-state index < -0.39 is 0 Å². The predicted molar refractivity (Wildman–Crippen MR) is 59.5 cm³/mol.